The van der Waals surface area contributed by atoms with Crippen LogP contribution in [-0.2, 0) is 0 Å². The van der Waals surface area contributed by atoms with Gasteiger partial charge in [-0.2, -0.15) is 0 Å². The van der Waals surface area contributed by atoms with E-state index in [9.17, 15) is 4.79 Å². The molecule has 4 heteroatoms. The minimum Gasteiger partial charge on any atom is -0.383 e. The Morgan fingerprint density at radius 2 is 2.25 bits per heavy atom. The fourth-order valence-corrected chi connectivity index (χ4v) is 1.81. The first-order valence-electron chi connectivity index (χ1n) is 5.57. The Morgan fingerprint density at radius 1 is 1.56 bits per heavy atom. The standard InChI is InChI=1S/C12H19N3O/c1-3-4-9(7-13)11(16)10-8(2)5-6-15-12(10)14/h5-6,9H,3-4,7,13H2,1-2H3,(H2,14,15). The van der Waals surface area contributed by atoms with E-state index in [0.29, 0.717) is 17.9 Å². The van der Waals surface area contributed by atoms with Gasteiger partial charge >= 0.3 is 0 Å². The van der Waals surface area contributed by atoms with Crippen LogP contribution >= 0.6 is 0 Å². The number of nitrogen functional groups attached to an aromatic ring is 1. The molecule has 0 radical (unpaired) electrons. The summed E-state index contributed by atoms with van der Waals surface area (Å²) in [5.74, 6) is 0.183. The van der Waals surface area contributed by atoms with Gasteiger partial charge in [0.2, 0.25) is 0 Å². The van der Waals surface area contributed by atoms with Crippen LogP contribution in [0.15, 0.2) is 12.3 Å². The summed E-state index contributed by atoms with van der Waals surface area (Å²) >= 11 is 0. The van der Waals surface area contributed by atoms with Gasteiger partial charge in [-0.05, 0) is 25.0 Å². The van der Waals surface area contributed by atoms with E-state index in [-0.39, 0.29) is 11.7 Å². The summed E-state index contributed by atoms with van der Waals surface area (Å²) < 4.78 is 0. The number of nitrogens with two attached hydrogens (primary N) is 2. The average molecular weight is 221 g/mol. The third-order valence-electron chi connectivity index (χ3n) is 2.73. The average Bonchev–Trinajstić information content (AvgIpc) is 2.25. The van der Waals surface area contributed by atoms with Crippen LogP contribution in [0, 0.1) is 12.8 Å². The molecule has 0 amide bonds. The van der Waals surface area contributed by atoms with Gasteiger partial charge in [0.25, 0.3) is 0 Å². The highest BCUT2D eigenvalue weighted by Gasteiger charge is 2.21. The number of nitrogens with zero attached hydrogens (tertiary/aromatic N) is 1. The highest BCUT2D eigenvalue weighted by Crippen LogP contribution is 2.20. The van der Waals surface area contributed by atoms with Crippen molar-refractivity contribution in [3.05, 3.63) is 23.4 Å². The molecule has 1 atom stereocenters. The third kappa shape index (κ3) is 2.58. The normalized spacial score (nSPS) is 12.4. The van der Waals surface area contributed by atoms with E-state index in [2.05, 4.69) is 4.98 Å². The van der Waals surface area contributed by atoms with Crippen LogP contribution in [0.25, 0.3) is 0 Å². The number of anilines is 1. The van der Waals surface area contributed by atoms with Crippen molar-refractivity contribution in [2.75, 3.05) is 12.3 Å². The highest BCUT2D eigenvalue weighted by molar-refractivity contribution is 6.02. The zero-order valence-electron chi connectivity index (χ0n) is 9.86. The largest absolute Gasteiger partial charge is 0.383 e. The minimum absolute atomic E-state index is 0.0208. The van der Waals surface area contributed by atoms with Gasteiger partial charge in [-0.25, -0.2) is 4.98 Å². The monoisotopic (exact) mass is 221 g/mol. The molecule has 0 aliphatic carbocycles. The predicted octanol–water partition coefficient (Wildman–Crippen LogP) is 1.53. The van der Waals surface area contributed by atoms with E-state index in [4.69, 9.17) is 11.5 Å². The fourth-order valence-electron chi connectivity index (χ4n) is 1.81. The number of carbonyl (C=O) groups excluding carboxylic acids is 1. The topological polar surface area (TPSA) is 82.0 Å². The Bertz CT molecular complexity index is 356. The maximum absolute atomic E-state index is 12.2. The molecular formula is C12H19N3O. The van der Waals surface area contributed by atoms with Crippen LogP contribution < -0.4 is 11.5 Å². The lowest BCUT2D eigenvalue weighted by Crippen LogP contribution is -2.25. The molecule has 0 aliphatic rings. The molecule has 0 spiro atoms. The van der Waals surface area contributed by atoms with Crippen molar-refractivity contribution in [2.24, 2.45) is 11.7 Å². The first-order valence-corrected chi connectivity index (χ1v) is 5.57. The van der Waals surface area contributed by atoms with Crippen molar-refractivity contribution < 1.29 is 4.79 Å². The number of rotatable bonds is 5. The molecule has 1 aromatic rings. The van der Waals surface area contributed by atoms with Crippen LogP contribution in [-0.4, -0.2) is 17.3 Å². The van der Waals surface area contributed by atoms with Gasteiger partial charge in [-0.1, -0.05) is 13.3 Å². The quantitative estimate of drug-likeness (QED) is 0.739. The SMILES string of the molecule is CCCC(CN)C(=O)c1c(C)ccnc1N. The lowest BCUT2D eigenvalue weighted by molar-refractivity contribution is 0.0917. The molecule has 0 aromatic carbocycles. The Labute approximate surface area is 96.0 Å². The molecule has 0 saturated heterocycles. The first-order chi connectivity index (χ1) is 7.61. The van der Waals surface area contributed by atoms with Crippen molar-refractivity contribution in [3.63, 3.8) is 0 Å². The van der Waals surface area contributed by atoms with Gasteiger partial charge in [0, 0.05) is 18.7 Å². The number of aromatic nitrogens is 1. The summed E-state index contributed by atoms with van der Waals surface area (Å²) in [5.41, 5.74) is 12.8. The Morgan fingerprint density at radius 3 is 2.75 bits per heavy atom. The molecule has 16 heavy (non-hydrogen) atoms. The molecule has 1 rings (SSSR count). The lowest BCUT2D eigenvalue weighted by atomic mass is 9.92. The first kappa shape index (κ1) is 12.6. The molecule has 1 aromatic heterocycles. The number of pyridine rings is 1. The molecule has 88 valence electrons. The number of aryl methyl sites for hydroxylation is 1. The zero-order chi connectivity index (χ0) is 12.1. The molecule has 0 fully saturated rings. The Hall–Kier alpha value is -1.42. The van der Waals surface area contributed by atoms with Crippen LogP contribution in [0.5, 0.6) is 0 Å². The number of hydrogen-bond donors (Lipinski definition) is 2. The van der Waals surface area contributed by atoms with Crippen molar-refractivity contribution in [2.45, 2.75) is 26.7 Å². The van der Waals surface area contributed by atoms with E-state index in [1.54, 1.807) is 12.3 Å². The minimum atomic E-state index is -0.143. The van der Waals surface area contributed by atoms with Crippen molar-refractivity contribution >= 4 is 11.6 Å². The van der Waals surface area contributed by atoms with Crippen LogP contribution in [0.1, 0.15) is 35.7 Å². The summed E-state index contributed by atoms with van der Waals surface area (Å²) in [6.45, 7) is 4.26. The molecule has 4 nitrogen and oxygen atoms in total. The number of ketones is 1. The van der Waals surface area contributed by atoms with E-state index in [1.807, 2.05) is 13.8 Å². The summed E-state index contributed by atoms with van der Waals surface area (Å²) in [6.07, 6.45) is 3.34. The predicted molar refractivity (Wildman–Crippen MR) is 65.2 cm³/mol. The van der Waals surface area contributed by atoms with Gasteiger partial charge in [-0.15, -0.1) is 0 Å². The van der Waals surface area contributed by atoms with Gasteiger partial charge < -0.3 is 11.5 Å². The number of carbonyl (C=O) groups is 1. The second kappa shape index (κ2) is 5.61. The fraction of sp³-hybridized carbons (Fsp3) is 0.500. The lowest BCUT2D eigenvalue weighted by Gasteiger charge is -2.15. The van der Waals surface area contributed by atoms with E-state index in [1.165, 1.54) is 0 Å². The molecule has 0 bridgehead atoms. The summed E-state index contributed by atoms with van der Waals surface area (Å²) in [7, 11) is 0. The smallest absolute Gasteiger partial charge is 0.171 e. The molecule has 1 unspecified atom stereocenters. The molecular weight excluding hydrogens is 202 g/mol. The van der Waals surface area contributed by atoms with Gasteiger partial charge in [0.1, 0.15) is 5.82 Å². The second-order valence-corrected chi connectivity index (χ2v) is 3.97. The molecule has 1 heterocycles. The van der Waals surface area contributed by atoms with E-state index < -0.39 is 0 Å². The third-order valence-corrected chi connectivity index (χ3v) is 2.73. The van der Waals surface area contributed by atoms with Gasteiger partial charge in [0.05, 0.1) is 5.56 Å². The molecule has 4 N–H and O–H groups in total. The van der Waals surface area contributed by atoms with Crippen LogP contribution in [0.3, 0.4) is 0 Å². The van der Waals surface area contributed by atoms with Crippen molar-refractivity contribution in [1.29, 1.82) is 0 Å². The van der Waals surface area contributed by atoms with Crippen LogP contribution in [0.2, 0.25) is 0 Å². The molecule has 0 saturated carbocycles. The van der Waals surface area contributed by atoms with Crippen molar-refractivity contribution in [3.8, 4) is 0 Å². The van der Waals surface area contributed by atoms with E-state index in [0.717, 1.165) is 18.4 Å². The maximum atomic E-state index is 12.2. The Balaban J connectivity index is 3.03. The summed E-state index contributed by atoms with van der Waals surface area (Å²) in [5, 5.41) is 0. The number of hydrogen-bond acceptors (Lipinski definition) is 4. The van der Waals surface area contributed by atoms with Crippen LogP contribution in [0.4, 0.5) is 5.82 Å². The van der Waals surface area contributed by atoms with E-state index >= 15 is 0 Å². The molecule has 0 aliphatic heterocycles. The number of Topliss-reactive ketones (excluding diaryl/α,β-unsaturated/α-hetero) is 1. The van der Waals surface area contributed by atoms with Gasteiger partial charge in [-0.3, -0.25) is 4.79 Å². The maximum Gasteiger partial charge on any atom is 0.171 e. The Kier molecular flexibility index (Phi) is 4.43. The zero-order valence-corrected chi connectivity index (χ0v) is 9.86. The van der Waals surface area contributed by atoms with Crippen molar-refractivity contribution in [1.82, 2.24) is 4.98 Å². The highest BCUT2D eigenvalue weighted by atomic mass is 16.1. The summed E-state index contributed by atoms with van der Waals surface area (Å²) in [4.78, 5) is 16.2. The second-order valence-electron chi connectivity index (χ2n) is 3.97. The summed E-state index contributed by atoms with van der Waals surface area (Å²) in [6, 6.07) is 1.79. The van der Waals surface area contributed by atoms with Gasteiger partial charge in [0.15, 0.2) is 5.78 Å².